The van der Waals surface area contributed by atoms with E-state index in [1.54, 1.807) is 37.3 Å². The quantitative estimate of drug-likeness (QED) is 0.611. The smallest absolute Gasteiger partial charge is 0.269 e. The minimum atomic E-state index is -4.16. The molecular formula is C23H26ClN3O5S. The van der Waals surface area contributed by atoms with Crippen molar-refractivity contribution in [1.29, 1.82) is 0 Å². The SMILES string of the molecule is CCC(C(=O)NC(C)C)N(Cc1ccc(Cl)cc1)C(=O)CN1C(=O)c2ccccc2S1(=O)=O. The highest BCUT2D eigenvalue weighted by Crippen LogP contribution is 2.30. The lowest BCUT2D eigenvalue weighted by molar-refractivity contribution is -0.141. The lowest BCUT2D eigenvalue weighted by atomic mass is 10.1. The topological polar surface area (TPSA) is 104 Å². The molecule has 1 aliphatic heterocycles. The number of amides is 3. The molecule has 33 heavy (non-hydrogen) atoms. The lowest BCUT2D eigenvalue weighted by Crippen LogP contribution is -2.53. The molecule has 0 spiro atoms. The molecular weight excluding hydrogens is 466 g/mol. The van der Waals surface area contributed by atoms with Crippen LogP contribution < -0.4 is 5.32 Å². The van der Waals surface area contributed by atoms with Crippen LogP contribution >= 0.6 is 11.6 Å². The summed E-state index contributed by atoms with van der Waals surface area (Å²) in [5.74, 6) is -1.76. The average Bonchev–Trinajstić information content (AvgIpc) is 2.95. The lowest BCUT2D eigenvalue weighted by Gasteiger charge is -2.32. The van der Waals surface area contributed by atoms with Gasteiger partial charge in [0, 0.05) is 17.6 Å². The van der Waals surface area contributed by atoms with Crippen molar-refractivity contribution >= 4 is 39.3 Å². The molecule has 0 fully saturated rings. The fraction of sp³-hybridized carbons (Fsp3) is 0.348. The third kappa shape index (κ3) is 5.20. The first-order valence-corrected chi connectivity index (χ1v) is 12.4. The van der Waals surface area contributed by atoms with E-state index >= 15 is 0 Å². The number of sulfonamides is 1. The third-order valence-electron chi connectivity index (χ3n) is 5.27. The Hall–Kier alpha value is -2.91. The van der Waals surface area contributed by atoms with Gasteiger partial charge in [-0.05, 0) is 50.1 Å². The predicted molar refractivity (Wildman–Crippen MR) is 124 cm³/mol. The van der Waals surface area contributed by atoms with Crippen LogP contribution in [0.1, 0.15) is 43.1 Å². The van der Waals surface area contributed by atoms with Crippen LogP contribution in [0.2, 0.25) is 5.02 Å². The second-order valence-electron chi connectivity index (χ2n) is 8.05. The summed E-state index contributed by atoms with van der Waals surface area (Å²) in [6, 6.07) is 11.6. The van der Waals surface area contributed by atoms with Crippen LogP contribution in [0.15, 0.2) is 53.4 Å². The molecule has 8 nitrogen and oxygen atoms in total. The molecule has 0 aliphatic carbocycles. The number of rotatable bonds is 8. The predicted octanol–water partition coefficient (Wildman–Crippen LogP) is 2.82. The van der Waals surface area contributed by atoms with Crippen molar-refractivity contribution < 1.29 is 22.8 Å². The van der Waals surface area contributed by atoms with E-state index < -0.39 is 34.4 Å². The molecule has 3 amide bonds. The molecule has 1 unspecified atom stereocenters. The highest BCUT2D eigenvalue weighted by Gasteiger charge is 2.43. The van der Waals surface area contributed by atoms with Crippen LogP contribution in [0.5, 0.6) is 0 Å². The average molecular weight is 492 g/mol. The normalized spacial score (nSPS) is 15.3. The maximum atomic E-state index is 13.4. The van der Waals surface area contributed by atoms with Gasteiger partial charge >= 0.3 is 0 Å². The number of benzene rings is 2. The van der Waals surface area contributed by atoms with Gasteiger partial charge in [0.05, 0.1) is 5.56 Å². The van der Waals surface area contributed by atoms with E-state index in [-0.39, 0.29) is 29.0 Å². The van der Waals surface area contributed by atoms with Gasteiger partial charge in [-0.3, -0.25) is 14.4 Å². The molecule has 10 heteroatoms. The summed E-state index contributed by atoms with van der Waals surface area (Å²) in [4.78, 5) is 40.2. The second kappa shape index (κ2) is 9.93. The highest BCUT2D eigenvalue weighted by molar-refractivity contribution is 7.90. The number of halogens is 1. The Morgan fingerprint density at radius 1 is 1.09 bits per heavy atom. The molecule has 1 atom stereocenters. The number of hydrogen-bond acceptors (Lipinski definition) is 5. The zero-order chi connectivity index (χ0) is 24.3. The first kappa shape index (κ1) is 24.7. The van der Waals surface area contributed by atoms with Gasteiger partial charge in [-0.2, -0.15) is 0 Å². The second-order valence-corrected chi connectivity index (χ2v) is 10.3. The molecule has 0 saturated carbocycles. The van der Waals surface area contributed by atoms with Crippen molar-refractivity contribution in [1.82, 2.24) is 14.5 Å². The largest absolute Gasteiger partial charge is 0.352 e. The van der Waals surface area contributed by atoms with Crippen LogP contribution in [-0.2, 0) is 26.2 Å². The van der Waals surface area contributed by atoms with Gasteiger partial charge < -0.3 is 10.2 Å². The van der Waals surface area contributed by atoms with Gasteiger partial charge in [-0.25, -0.2) is 12.7 Å². The number of nitrogens with zero attached hydrogens (tertiary/aromatic N) is 2. The summed E-state index contributed by atoms with van der Waals surface area (Å²) in [7, 11) is -4.16. The molecule has 0 aromatic heterocycles. The van der Waals surface area contributed by atoms with Crippen molar-refractivity contribution in [3.05, 3.63) is 64.7 Å². The van der Waals surface area contributed by atoms with Crippen LogP contribution in [0.25, 0.3) is 0 Å². The molecule has 2 aromatic carbocycles. The van der Waals surface area contributed by atoms with E-state index in [9.17, 15) is 22.8 Å². The van der Waals surface area contributed by atoms with E-state index in [4.69, 9.17) is 11.6 Å². The number of fused-ring (bicyclic) bond motifs is 1. The van der Waals surface area contributed by atoms with E-state index in [2.05, 4.69) is 5.32 Å². The Bertz CT molecular complexity index is 1160. The summed E-state index contributed by atoms with van der Waals surface area (Å²) in [6.45, 7) is 4.73. The van der Waals surface area contributed by atoms with Crippen molar-refractivity contribution in [2.24, 2.45) is 0 Å². The molecule has 0 saturated heterocycles. The van der Waals surface area contributed by atoms with Gasteiger partial charge in [0.2, 0.25) is 11.8 Å². The first-order valence-electron chi connectivity index (χ1n) is 10.6. The number of carbonyl (C=O) groups is 3. The molecule has 1 aliphatic rings. The van der Waals surface area contributed by atoms with Crippen LogP contribution in [0, 0.1) is 0 Å². The van der Waals surface area contributed by atoms with Gasteiger partial charge in [0.15, 0.2) is 0 Å². The Balaban J connectivity index is 1.92. The zero-order valence-electron chi connectivity index (χ0n) is 18.6. The van der Waals surface area contributed by atoms with Crippen LogP contribution in [0.4, 0.5) is 0 Å². The van der Waals surface area contributed by atoms with Crippen LogP contribution in [-0.4, -0.2) is 54.0 Å². The standard InChI is InChI=1S/C23H26ClN3O5S/c1-4-19(22(29)25-15(2)3)26(13-16-9-11-17(24)12-10-16)21(28)14-27-23(30)18-7-5-6-8-20(18)33(27,31)32/h5-12,15,19H,4,13-14H2,1-3H3,(H,25,29). The monoisotopic (exact) mass is 491 g/mol. The maximum absolute atomic E-state index is 13.4. The summed E-state index contributed by atoms with van der Waals surface area (Å²) >= 11 is 5.96. The molecule has 3 rings (SSSR count). The Labute approximate surface area is 198 Å². The molecule has 176 valence electrons. The van der Waals surface area contributed by atoms with Gasteiger partial charge in [-0.1, -0.05) is 42.8 Å². The van der Waals surface area contributed by atoms with Crippen molar-refractivity contribution in [2.75, 3.05) is 6.54 Å². The number of nitrogens with one attached hydrogen (secondary N) is 1. The van der Waals surface area contributed by atoms with Gasteiger partial charge in [0.1, 0.15) is 17.5 Å². The molecule has 0 bridgehead atoms. The summed E-state index contributed by atoms with van der Waals surface area (Å²) in [6.07, 6.45) is 0.304. The minimum absolute atomic E-state index is 0.0270. The zero-order valence-corrected chi connectivity index (χ0v) is 20.2. The summed E-state index contributed by atoms with van der Waals surface area (Å²) in [5.41, 5.74) is 0.738. The first-order chi connectivity index (χ1) is 15.6. The molecule has 0 radical (unpaired) electrons. The fourth-order valence-corrected chi connectivity index (χ4v) is 5.33. The Morgan fingerprint density at radius 2 is 1.73 bits per heavy atom. The van der Waals surface area contributed by atoms with E-state index in [0.717, 1.165) is 0 Å². The molecule has 1 heterocycles. The van der Waals surface area contributed by atoms with E-state index in [1.807, 2.05) is 13.8 Å². The van der Waals surface area contributed by atoms with Crippen molar-refractivity contribution in [2.45, 2.75) is 50.7 Å². The molecule has 2 aromatic rings. The number of carbonyl (C=O) groups excluding carboxylic acids is 3. The van der Waals surface area contributed by atoms with Gasteiger partial charge in [-0.15, -0.1) is 0 Å². The summed E-state index contributed by atoms with van der Waals surface area (Å²) < 4.78 is 26.4. The van der Waals surface area contributed by atoms with Crippen LogP contribution in [0.3, 0.4) is 0 Å². The Kier molecular flexibility index (Phi) is 7.44. The fourth-order valence-electron chi connectivity index (χ4n) is 3.69. The number of hydrogen-bond donors (Lipinski definition) is 1. The third-order valence-corrected chi connectivity index (χ3v) is 7.31. The van der Waals surface area contributed by atoms with E-state index in [0.29, 0.717) is 21.3 Å². The maximum Gasteiger partial charge on any atom is 0.269 e. The summed E-state index contributed by atoms with van der Waals surface area (Å²) in [5, 5.41) is 3.33. The molecule has 1 N–H and O–H groups in total. The van der Waals surface area contributed by atoms with Gasteiger partial charge in [0.25, 0.3) is 15.9 Å². The van der Waals surface area contributed by atoms with E-state index in [1.165, 1.54) is 23.1 Å². The van der Waals surface area contributed by atoms with Crippen molar-refractivity contribution in [3.8, 4) is 0 Å². The van der Waals surface area contributed by atoms with Crippen molar-refractivity contribution in [3.63, 3.8) is 0 Å². The Morgan fingerprint density at radius 3 is 2.30 bits per heavy atom. The minimum Gasteiger partial charge on any atom is -0.352 e. The highest BCUT2D eigenvalue weighted by atomic mass is 35.5.